The number of carbonyl (C=O) groups excluding carboxylic acids is 1. The fraction of sp³-hybridized carbons (Fsp3) is 0.231. The largest absolute Gasteiger partial charge is 0.352 e. The van der Waals surface area contributed by atoms with Crippen LogP contribution in [0.3, 0.4) is 0 Å². The van der Waals surface area contributed by atoms with E-state index in [1.807, 2.05) is 52.9 Å². The fourth-order valence-corrected chi connectivity index (χ4v) is 4.15. The van der Waals surface area contributed by atoms with Gasteiger partial charge in [-0.2, -0.15) is 0 Å². The highest BCUT2D eigenvalue weighted by molar-refractivity contribution is 5.79. The van der Waals surface area contributed by atoms with Crippen molar-refractivity contribution in [2.45, 2.75) is 13.3 Å². The third-order valence-corrected chi connectivity index (χ3v) is 6.08. The minimum absolute atomic E-state index is 0.166. The summed E-state index contributed by atoms with van der Waals surface area (Å²) in [5.41, 5.74) is 3.39. The van der Waals surface area contributed by atoms with Crippen molar-refractivity contribution in [2.75, 3.05) is 31.1 Å². The zero-order valence-corrected chi connectivity index (χ0v) is 18.6. The Bertz CT molecular complexity index is 1210. The van der Waals surface area contributed by atoms with Crippen molar-refractivity contribution in [1.82, 2.24) is 24.6 Å². The molecule has 33 heavy (non-hydrogen) atoms. The molecule has 0 saturated carbocycles. The highest BCUT2D eigenvalue weighted by Crippen LogP contribution is 2.20. The molecule has 4 aromatic rings. The summed E-state index contributed by atoms with van der Waals surface area (Å²) in [5, 5.41) is 8.74. The van der Waals surface area contributed by atoms with Gasteiger partial charge in [-0.05, 0) is 35.7 Å². The van der Waals surface area contributed by atoms with E-state index in [1.54, 1.807) is 6.20 Å². The summed E-state index contributed by atoms with van der Waals surface area (Å²) < 4.78 is 1.90. The van der Waals surface area contributed by atoms with Crippen LogP contribution in [0.2, 0.25) is 0 Å². The van der Waals surface area contributed by atoms with Gasteiger partial charge in [0.2, 0.25) is 5.91 Å². The number of aromatic nitrogens is 4. The fourth-order valence-electron chi connectivity index (χ4n) is 4.15. The Morgan fingerprint density at radius 3 is 2.12 bits per heavy atom. The number of hydrogen-bond acceptors (Lipinski definition) is 5. The third kappa shape index (κ3) is 4.62. The molecule has 2 aromatic carbocycles. The number of aryl methyl sites for hydroxylation is 1. The number of benzene rings is 2. The summed E-state index contributed by atoms with van der Waals surface area (Å²) in [6, 6.07) is 22.5. The van der Waals surface area contributed by atoms with Crippen LogP contribution in [0.5, 0.6) is 0 Å². The number of rotatable bonds is 5. The van der Waals surface area contributed by atoms with Crippen LogP contribution >= 0.6 is 0 Å². The minimum Gasteiger partial charge on any atom is -0.352 e. The zero-order valence-electron chi connectivity index (χ0n) is 18.6. The highest BCUT2D eigenvalue weighted by atomic mass is 16.2. The summed E-state index contributed by atoms with van der Waals surface area (Å²) in [6.07, 6.45) is 4.05. The molecule has 0 radical (unpaired) electrons. The van der Waals surface area contributed by atoms with E-state index < -0.39 is 0 Å². The van der Waals surface area contributed by atoms with Gasteiger partial charge in [0.15, 0.2) is 11.6 Å². The van der Waals surface area contributed by atoms with Crippen LogP contribution in [-0.2, 0) is 11.2 Å². The second-order valence-corrected chi connectivity index (χ2v) is 8.20. The summed E-state index contributed by atoms with van der Waals surface area (Å²) in [4.78, 5) is 21.2. The van der Waals surface area contributed by atoms with Crippen molar-refractivity contribution in [2.24, 2.45) is 0 Å². The number of carbonyl (C=O) groups is 1. The Hall–Kier alpha value is -4.00. The molecular formula is C26H26N6O. The van der Waals surface area contributed by atoms with E-state index in [1.165, 1.54) is 5.56 Å². The first-order valence-corrected chi connectivity index (χ1v) is 11.2. The number of piperazine rings is 1. The molecule has 1 amide bonds. The van der Waals surface area contributed by atoms with E-state index in [-0.39, 0.29) is 5.91 Å². The molecule has 0 atom stereocenters. The highest BCUT2D eigenvalue weighted by Gasteiger charge is 2.22. The van der Waals surface area contributed by atoms with Crippen LogP contribution in [0.15, 0.2) is 79.1 Å². The molecule has 2 aromatic heterocycles. The van der Waals surface area contributed by atoms with Crippen LogP contribution in [0, 0.1) is 6.92 Å². The molecule has 5 rings (SSSR count). The molecular weight excluding hydrogens is 412 g/mol. The van der Waals surface area contributed by atoms with Gasteiger partial charge in [-0.1, -0.05) is 54.6 Å². The van der Waals surface area contributed by atoms with Crippen molar-refractivity contribution in [1.29, 1.82) is 0 Å². The lowest BCUT2D eigenvalue weighted by atomic mass is 10.0. The number of anilines is 1. The van der Waals surface area contributed by atoms with Crippen LogP contribution in [0.25, 0.3) is 16.9 Å². The predicted octanol–water partition coefficient (Wildman–Crippen LogP) is 3.53. The Balaban J connectivity index is 1.16. The topological polar surface area (TPSA) is 67.2 Å². The average molecular weight is 439 g/mol. The molecule has 1 aliphatic rings. The van der Waals surface area contributed by atoms with Crippen LogP contribution < -0.4 is 4.90 Å². The van der Waals surface area contributed by atoms with Crippen LogP contribution in [-0.4, -0.2) is 56.7 Å². The summed E-state index contributed by atoms with van der Waals surface area (Å²) in [6.45, 7) is 4.80. The van der Waals surface area contributed by atoms with E-state index >= 15 is 0 Å². The van der Waals surface area contributed by atoms with Gasteiger partial charge >= 0.3 is 0 Å². The van der Waals surface area contributed by atoms with Gasteiger partial charge in [0, 0.05) is 38.6 Å². The second kappa shape index (κ2) is 9.24. The first-order chi connectivity index (χ1) is 16.2. The van der Waals surface area contributed by atoms with Crippen molar-refractivity contribution in [3.63, 3.8) is 0 Å². The molecule has 7 heteroatoms. The maximum Gasteiger partial charge on any atom is 0.227 e. The van der Waals surface area contributed by atoms with Crippen molar-refractivity contribution >= 4 is 11.7 Å². The molecule has 7 nitrogen and oxygen atoms in total. The molecule has 166 valence electrons. The van der Waals surface area contributed by atoms with E-state index in [9.17, 15) is 4.79 Å². The molecule has 3 heterocycles. The molecule has 1 fully saturated rings. The quantitative estimate of drug-likeness (QED) is 0.477. The SMILES string of the molecule is Cc1nccn1-c1ccc(N2CCN(C(=O)Cc3ccc(-c4ccccc4)cc3)CC2)nn1. The van der Waals surface area contributed by atoms with E-state index in [4.69, 9.17) is 0 Å². The molecule has 0 spiro atoms. The van der Waals surface area contributed by atoms with Crippen molar-refractivity contribution < 1.29 is 4.79 Å². The molecule has 1 saturated heterocycles. The van der Waals surface area contributed by atoms with Gasteiger partial charge in [-0.15, -0.1) is 10.2 Å². The Morgan fingerprint density at radius 1 is 0.818 bits per heavy atom. The third-order valence-electron chi connectivity index (χ3n) is 6.08. The summed E-state index contributed by atoms with van der Waals surface area (Å²) in [7, 11) is 0. The molecule has 0 aliphatic carbocycles. The molecule has 1 aliphatic heterocycles. The average Bonchev–Trinajstić information content (AvgIpc) is 3.31. The van der Waals surface area contributed by atoms with Gasteiger partial charge in [-0.3, -0.25) is 9.36 Å². The van der Waals surface area contributed by atoms with Crippen LogP contribution in [0.4, 0.5) is 5.82 Å². The number of nitrogens with zero attached hydrogens (tertiary/aromatic N) is 6. The Kier molecular flexibility index (Phi) is 5.85. The molecule has 0 N–H and O–H groups in total. The van der Waals surface area contributed by atoms with Gasteiger partial charge in [0.25, 0.3) is 0 Å². The van der Waals surface area contributed by atoms with E-state index in [0.717, 1.165) is 41.7 Å². The summed E-state index contributed by atoms with van der Waals surface area (Å²) >= 11 is 0. The van der Waals surface area contributed by atoms with Crippen molar-refractivity contribution in [3.05, 3.63) is 90.5 Å². The van der Waals surface area contributed by atoms with Crippen LogP contribution in [0.1, 0.15) is 11.4 Å². The lowest BCUT2D eigenvalue weighted by Crippen LogP contribution is -2.49. The Labute approximate surface area is 193 Å². The lowest BCUT2D eigenvalue weighted by Gasteiger charge is -2.35. The smallest absolute Gasteiger partial charge is 0.227 e. The standard InChI is InChI=1S/C26H26N6O/c1-20-27-13-14-32(20)25-12-11-24(28-29-25)30-15-17-31(18-16-30)26(33)19-21-7-9-23(10-8-21)22-5-3-2-4-6-22/h2-14H,15-19H2,1H3. The maximum absolute atomic E-state index is 12.8. The van der Waals surface area contributed by atoms with Gasteiger partial charge in [0.05, 0.1) is 6.42 Å². The predicted molar refractivity (Wildman–Crippen MR) is 128 cm³/mol. The van der Waals surface area contributed by atoms with Gasteiger partial charge in [0.1, 0.15) is 5.82 Å². The molecule has 0 unspecified atom stereocenters. The Morgan fingerprint density at radius 2 is 1.48 bits per heavy atom. The summed E-state index contributed by atoms with van der Waals surface area (Å²) in [5.74, 6) is 2.62. The maximum atomic E-state index is 12.8. The number of amides is 1. The minimum atomic E-state index is 0.166. The first kappa shape index (κ1) is 20.9. The zero-order chi connectivity index (χ0) is 22.6. The lowest BCUT2D eigenvalue weighted by molar-refractivity contribution is -0.130. The molecule has 0 bridgehead atoms. The van der Waals surface area contributed by atoms with Gasteiger partial charge < -0.3 is 9.80 Å². The van der Waals surface area contributed by atoms with E-state index in [0.29, 0.717) is 19.5 Å². The normalized spacial score (nSPS) is 13.8. The number of imidazole rings is 1. The van der Waals surface area contributed by atoms with Gasteiger partial charge in [-0.25, -0.2) is 4.98 Å². The van der Waals surface area contributed by atoms with Crippen molar-refractivity contribution in [3.8, 4) is 16.9 Å². The number of hydrogen-bond donors (Lipinski definition) is 0. The van der Waals surface area contributed by atoms with E-state index in [2.05, 4.69) is 56.5 Å². The second-order valence-electron chi connectivity index (χ2n) is 8.20. The first-order valence-electron chi connectivity index (χ1n) is 11.2. The monoisotopic (exact) mass is 438 g/mol.